The van der Waals surface area contributed by atoms with Gasteiger partial charge >= 0.3 is 5.69 Å². The monoisotopic (exact) mass is 443 g/mol. The Bertz CT molecular complexity index is 1060. The molecule has 0 aliphatic carbocycles. The van der Waals surface area contributed by atoms with Crippen LogP contribution in [0.5, 0.6) is 0 Å². The summed E-state index contributed by atoms with van der Waals surface area (Å²) < 4.78 is 48.7. The lowest BCUT2D eigenvalue weighted by Gasteiger charge is -2.19. The van der Waals surface area contributed by atoms with Crippen molar-refractivity contribution in [3.05, 3.63) is 56.4 Å². The highest BCUT2D eigenvalue weighted by Gasteiger charge is 2.35. The van der Waals surface area contributed by atoms with Crippen LogP contribution in [0.2, 0.25) is 0 Å². The van der Waals surface area contributed by atoms with Crippen LogP contribution < -0.4 is 4.72 Å². The molecule has 1 aromatic carbocycles. The van der Waals surface area contributed by atoms with Gasteiger partial charge in [-0.15, -0.1) is 0 Å². The molecule has 1 N–H and O–H groups in total. The lowest BCUT2D eigenvalue weighted by atomic mass is 10.0. The molecule has 0 spiro atoms. The van der Waals surface area contributed by atoms with Gasteiger partial charge in [-0.05, 0) is 25.0 Å². The third-order valence-electron chi connectivity index (χ3n) is 4.76. The first-order valence-corrected chi connectivity index (χ1v) is 10.3. The van der Waals surface area contributed by atoms with E-state index < -0.39 is 44.8 Å². The lowest BCUT2D eigenvalue weighted by Crippen LogP contribution is -2.42. The molecule has 1 aliphatic heterocycles. The smallest absolute Gasteiger partial charge is 0.312 e. The van der Waals surface area contributed by atoms with Gasteiger partial charge in [0, 0.05) is 19.2 Å². The fraction of sp³-hybridized carbons (Fsp3) is 0.438. The van der Waals surface area contributed by atoms with Crippen LogP contribution in [0.25, 0.3) is 0 Å². The molecule has 1 saturated heterocycles. The number of sulfonamides is 1. The van der Waals surface area contributed by atoms with Crippen molar-refractivity contribution in [2.75, 3.05) is 6.61 Å². The minimum absolute atomic E-state index is 0.0143. The van der Waals surface area contributed by atoms with Crippen molar-refractivity contribution in [1.29, 1.82) is 0 Å². The minimum atomic E-state index is -4.15. The Hall–Kier alpha value is -2.97. The van der Waals surface area contributed by atoms with Crippen molar-refractivity contribution in [1.82, 2.24) is 14.5 Å². The molecule has 0 saturated carbocycles. The van der Waals surface area contributed by atoms with E-state index in [0.717, 1.165) is 30.5 Å². The Balaban J connectivity index is 1.76. The third kappa shape index (κ3) is 4.44. The topological polar surface area (TPSA) is 160 Å². The summed E-state index contributed by atoms with van der Waals surface area (Å²) in [5, 5.41) is 25.7. The fourth-order valence-electron chi connectivity index (χ4n) is 3.23. The molecule has 0 bridgehead atoms. The van der Waals surface area contributed by atoms with E-state index in [-0.39, 0.29) is 34.8 Å². The van der Waals surface area contributed by atoms with Crippen LogP contribution in [-0.4, -0.2) is 46.9 Å². The van der Waals surface area contributed by atoms with Crippen molar-refractivity contribution in [2.24, 2.45) is 7.05 Å². The number of alkyl halides is 1. The lowest BCUT2D eigenvalue weighted by molar-refractivity contribution is -0.386. The molecule has 0 radical (unpaired) electrons. The largest absolute Gasteiger partial charge is 0.369 e. The minimum Gasteiger partial charge on any atom is -0.369 e. The Labute approximate surface area is 170 Å². The van der Waals surface area contributed by atoms with Gasteiger partial charge < -0.3 is 4.74 Å². The van der Waals surface area contributed by atoms with E-state index in [0.29, 0.717) is 0 Å². The van der Waals surface area contributed by atoms with Gasteiger partial charge in [0.2, 0.25) is 10.0 Å². The third-order valence-corrected chi connectivity index (χ3v) is 6.27. The van der Waals surface area contributed by atoms with E-state index in [2.05, 4.69) is 9.82 Å². The van der Waals surface area contributed by atoms with E-state index in [9.17, 15) is 33.0 Å². The molecule has 3 atom stereocenters. The molecule has 1 fully saturated rings. The average Bonchev–Trinajstić information content (AvgIpc) is 2.99. The second kappa shape index (κ2) is 8.41. The standard InChI is InChI=1S/C16H18FN5O7S/c1-20-16(14(8-18-20)22(25)26)15-7-6-13(12(17)9-29-15)19-30(27,28)11-4-2-10(3-5-11)21(23)24/h2-5,8,12-13,15,19H,6-7,9H2,1H3. The summed E-state index contributed by atoms with van der Waals surface area (Å²) in [7, 11) is -2.65. The molecule has 3 rings (SSSR count). The van der Waals surface area contributed by atoms with E-state index in [1.54, 1.807) is 0 Å². The zero-order valence-corrected chi connectivity index (χ0v) is 16.5. The van der Waals surface area contributed by atoms with Gasteiger partial charge in [0.1, 0.15) is 24.2 Å². The van der Waals surface area contributed by atoms with Gasteiger partial charge in [0.15, 0.2) is 0 Å². The summed E-state index contributed by atoms with van der Waals surface area (Å²) in [6.07, 6.45) is -1.32. The quantitative estimate of drug-likeness (QED) is 0.522. The molecular weight excluding hydrogens is 425 g/mol. The first-order valence-electron chi connectivity index (χ1n) is 8.79. The second-order valence-corrected chi connectivity index (χ2v) is 8.40. The number of nitrogens with one attached hydrogen (secondary N) is 1. The number of nitro benzene ring substituents is 1. The van der Waals surface area contributed by atoms with E-state index in [1.807, 2.05) is 0 Å². The molecule has 2 aromatic rings. The highest BCUT2D eigenvalue weighted by Crippen LogP contribution is 2.34. The number of rotatable bonds is 6. The van der Waals surface area contributed by atoms with Crippen molar-refractivity contribution in [3.8, 4) is 0 Å². The maximum atomic E-state index is 14.6. The number of aromatic nitrogens is 2. The van der Waals surface area contributed by atoms with Crippen LogP contribution in [0, 0.1) is 20.2 Å². The van der Waals surface area contributed by atoms with Gasteiger partial charge in [-0.2, -0.15) is 5.10 Å². The van der Waals surface area contributed by atoms with Crippen LogP contribution >= 0.6 is 0 Å². The van der Waals surface area contributed by atoms with Gasteiger partial charge in [0.25, 0.3) is 5.69 Å². The maximum Gasteiger partial charge on any atom is 0.312 e. The second-order valence-electron chi connectivity index (χ2n) is 6.69. The number of aryl methyl sites for hydroxylation is 1. The molecule has 12 nitrogen and oxygen atoms in total. The van der Waals surface area contributed by atoms with Gasteiger partial charge in [-0.1, -0.05) is 0 Å². The summed E-state index contributed by atoms with van der Waals surface area (Å²) in [6, 6.07) is 3.05. The van der Waals surface area contributed by atoms with E-state index in [1.165, 1.54) is 11.7 Å². The number of halogens is 1. The predicted molar refractivity (Wildman–Crippen MR) is 99.9 cm³/mol. The molecule has 3 unspecified atom stereocenters. The van der Waals surface area contributed by atoms with Gasteiger partial charge in [-0.3, -0.25) is 24.9 Å². The van der Waals surface area contributed by atoms with Gasteiger partial charge in [-0.25, -0.2) is 17.5 Å². The van der Waals surface area contributed by atoms with Crippen molar-refractivity contribution >= 4 is 21.4 Å². The summed E-state index contributed by atoms with van der Waals surface area (Å²) in [6.45, 7) is -0.472. The molecule has 1 aromatic heterocycles. The first-order chi connectivity index (χ1) is 14.1. The van der Waals surface area contributed by atoms with E-state index in [4.69, 9.17) is 4.74 Å². The number of ether oxygens (including phenoxy) is 1. The van der Waals surface area contributed by atoms with Crippen LogP contribution in [0.1, 0.15) is 24.6 Å². The fourth-order valence-corrected chi connectivity index (χ4v) is 4.53. The average molecular weight is 443 g/mol. The Morgan fingerprint density at radius 3 is 2.47 bits per heavy atom. The Morgan fingerprint density at radius 2 is 1.87 bits per heavy atom. The molecule has 14 heteroatoms. The summed E-state index contributed by atoms with van der Waals surface area (Å²) in [5.41, 5.74) is -0.366. The molecule has 30 heavy (non-hydrogen) atoms. The summed E-state index contributed by atoms with van der Waals surface area (Å²) in [5.74, 6) is 0. The van der Waals surface area contributed by atoms with Crippen LogP contribution in [0.3, 0.4) is 0 Å². The Kier molecular flexibility index (Phi) is 6.09. The molecule has 2 heterocycles. The zero-order valence-electron chi connectivity index (χ0n) is 15.7. The van der Waals surface area contributed by atoms with Crippen molar-refractivity contribution in [3.63, 3.8) is 0 Å². The number of hydrogen-bond donors (Lipinski definition) is 1. The van der Waals surface area contributed by atoms with Gasteiger partial charge in [0.05, 0.1) is 27.4 Å². The predicted octanol–water partition coefficient (Wildman–Crippen LogP) is 1.77. The van der Waals surface area contributed by atoms with Crippen LogP contribution in [0.4, 0.5) is 15.8 Å². The number of hydrogen-bond acceptors (Lipinski definition) is 8. The number of nitrogens with zero attached hydrogens (tertiary/aromatic N) is 4. The normalized spacial score (nSPS) is 22.4. The highest BCUT2D eigenvalue weighted by atomic mass is 32.2. The van der Waals surface area contributed by atoms with Crippen molar-refractivity contribution < 1.29 is 27.4 Å². The van der Waals surface area contributed by atoms with Crippen LogP contribution in [0.15, 0.2) is 35.4 Å². The number of nitro groups is 2. The maximum absolute atomic E-state index is 14.6. The first kappa shape index (κ1) is 21.7. The zero-order chi connectivity index (χ0) is 22.1. The van der Waals surface area contributed by atoms with Crippen LogP contribution in [-0.2, 0) is 21.8 Å². The molecular formula is C16H18FN5O7S. The SMILES string of the molecule is Cn1ncc([N+](=O)[O-])c1C1CCC(NS(=O)(=O)c2ccc([N+](=O)[O-])cc2)C(F)CO1. The number of non-ortho nitro benzene ring substituents is 1. The summed E-state index contributed by atoms with van der Waals surface area (Å²) >= 11 is 0. The van der Waals surface area contributed by atoms with Crippen molar-refractivity contribution in [2.45, 2.75) is 36.1 Å². The summed E-state index contributed by atoms with van der Waals surface area (Å²) in [4.78, 5) is 20.4. The molecule has 1 aliphatic rings. The Morgan fingerprint density at radius 1 is 1.20 bits per heavy atom. The molecule has 0 amide bonds. The molecule has 162 valence electrons. The highest BCUT2D eigenvalue weighted by molar-refractivity contribution is 7.89. The van der Waals surface area contributed by atoms with E-state index >= 15 is 0 Å². The number of benzene rings is 1.